The van der Waals surface area contributed by atoms with Crippen molar-refractivity contribution in [2.45, 2.75) is 27.2 Å². The minimum Gasteiger partial charge on any atom is -1.00 e. The molecule has 92 valence electrons. The molecule has 0 aromatic rings. The molecule has 0 bridgehead atoms. The van der Waals surface area contributed by atoms with E-state index >= 15 is 0 Å². The predicted octanol–water partition coefficient (Wildman–Crippen LogP) is 0.438. The van der Waals surface area contributed by atoms with Gasteiger partial charge >= 0.3 is 35.0 Å². The number of carbonyl (C=O) groups excluding carboxylic acids is 2. The Labute approximate surface area is 113 Å². The molecular weight excluding hydrogens is 228 g/mol. The molecule has 6 nitrogen and oxygen atoms in total. The summed E-state index contributed by atoms with van der Waals surface area (Å²) in [7, 11) is 0. The van der Waals surface area contributed by atoms with E-state index in [1.54, 1.807) is 13.8 Å². The summed E-state index contributed by atoms with van der Waals surface area (Å²) in [6, 6.07) is 0. The number of carbonyl (C=O) groups is 3. The van der Waals surface area contributed by atoms with Gasteiger partial charge in [0.05, 0.1) is 13.2 Å². The molecule has 0 saturated heterocycles. The molecule has 0 spiro atoms. The van der Waals surface area contributed by atoms with Gasteiger partial charge in [0.15, 0.2) is 0 Å². The van der Waals surface area contributed by atoms with Crippen LogP contribution in [0.3, 0.4) is 0 Å². The monoisotopic (exact) mass is 246 g/mol. The van der Waals surface area contributed by atoms with Crippen molar-refractivity contribution in [1.29, 1.82) is 0 Å². The first kappa shape index (κ1) is 20.6. The van der Waals surface area contributed by atoms with Gasteiger partial charge in [0, 0.05) is 6.92 Å². The second kappa shape index (κ2) is 14.2. The first-order chi connectivity index (χ1) is 6.93. The van der Waals surface area contributed by atoms with Crippen LogP contribution < -0.4 is 0 Å². The van der Waals surface area contributed by atoms with E-state index in [2.05, 4.69) is 9.47 Å². The number of aliphatic carboxylic acids is 1. The third-order valence-corrected chi connectivity index (χ3v) is 0.899. The van der Waals surface area contributed by atoms with Gasteiger partial charge in [-0.25, -0.2) is 0 Å². The molecule has 0 unspecified atom stereocenters. The van der Waals surface area contributed by atoms with Crippen LogP contribution in [0.5, 0.6) is 0 Å². The zero-order valence-corrected chi connectivity index (χ0v) is 11.2. The summed E-state index contributed by atoms with van der Waals surface area (Å²) in [6.07, 6.45) is -0.290. The smallest absolute Gasteiger partial charge is 1.00 e. The Balaban J connectivity index is -0.0000000712. The quantitative estimate of drug-likeness (QED) is 0.440. The molecule has 0 aromatic heterocycles. The average Bonchev–Trinajstić information content (AvgIpc) is 2.03. The minimum absolute atomic E-state index is 0. The van der Waals surface area contributed by atoms with E-state index in [0.29, 0.717) is 0 Å². The zero-order chi connectivity index (χ0) is 12.3. The normalized spacial score (nSPS) is 7.69. The summed E-state index contributed by atoms with van der Waals surface area (Å²) >= 11 is 0. The largest absolute Gasteiger partial charge is 2.00 e. The van der Waals surface area contributed by atoms with E-state index in [4.69, 9.17) is 9.90 Å². The second-order valence-electron chi connectivity index (χ2n) is 2.31. The van der Waals surface area contributed by atoms with Crippen LogP contribution in [0.15, 0.2) is 0 Å². The van der Waals surface area contributed by atoms with Crippen molar-refractivity contribution < 1.29 is 31.8 Å². The molecule has 0 aliphatic heterocycles. The fraction of sp³-hybridized carbons (Fsp3) is 0.667. The molecule has 16 heavy (non-hydrogen) atoms. The molecule has 0 amide bonds. The molecular formula is C9H18MgO6. The Kier molecular flexibility index (Phi) is 18.2. The van der Waals surface area contributed by atoms with Gasteiger partial charge in [-0.1, -0.05) is 0 Å². The van der Waals surface area contributed by atoms with Gasteiger partial charge in [-0.3, -0.25) is 14.4 Å². The van der Waals surface area contributed by atoms with Crippen LogP contribution in [0.1, 0.15) is 30.0 Å². The van der Waals surface area contributed by atoms with Gasteiger partial charge in [-0.2, -0.15) is 0 Å². The van der Waals surface area contributed by atoms with E-state index in [0.717, 1.165) is 6.92 Å². The van der Waals surface area contributed by atoms with Crippen molar-refractivity contribution in [3.05, 3.63) is 0 Å². The van der Waals surface area contributed by atoms with Crippen molar-refractivity contribution >= 4 is 41.0 Å². The molecule has 7 heteroatoms. The van der Waals surface area contributed by atoms with Gasteiger partial charge in [0.2, 0.25) is 0 Å². The first-order valence-electron chi connectivity index (χ1n) is 4.44. The van der Waals surface area contributed by atoms with Crippen molar-refractivity contribution in [2.24, 2.45) is 0 Å². The van der Waals surface area contributed by atoms with Crippen LogP contribution in [-0.2, 0) is 23.9 Å². The molecule has 1 N–H and O–H groups in total. The van der Waals surface area contributed by atoms with Gasteiger partial charge in [-0.15, -0.1) is 0 Å². The Morgan fingerprint density at radius 3 is 1.50 bits per heavy atom. The predicted molar refractivity (Wildman–Crippen MR) is 59.2 cm³/mol. The fourth-order valence-electron chi connectivity index (χ4n) is 0.542. The standard InChI is InChI=1S/C7H12O4.C2H4O2.Mg.2H/c1-3-10-6(8)5-7(9)11-4-2;1-2(3)4;;;/h3-5H2,1-2H3;1H3,(H,3,4);;;/q;;+2;2*-1. The molecule has 0 atom stereocenters. The molecule has 0 saturated carbocycles. The first-order valence-corrected chi connectivity index (χ1v) is 4.44. The van der Waals surface area contributed by atoms with Crippen LogP contribution >= 0.6 is 0 Å². The number of rotatable bonds is 4. The molecule has 0 fully saturated rings. The molecule has 0 aromatic carbocycles. The Morgan fingerprint density at radius 1 is 1.06 bits per heavy atom. The summed E-state index contributed by atoms with van der Waals surface area (Å²) in [5.74, 6) is -1.91. The molecule has 0 heterocycles. The molecule has 0 radical (unpaired) electrons. The summed E-state index contributed by atoms with van der Waals surface area (Å²) in [6.45, 7) is 5.03. The topological polar surface area (TPSA) is 89.9 Å². The van der Waals surface area contributed by atoms with Gasteiger partial charge in [0.25, 0.3) is 5.97 Å². The van der Waals surface area contributed by atoms with E-state index in [-0.39, 0.29) is 45.5 Å². The van der Waals surface area contributed by atoms with E-state index in [1.165, 1.54) is 0 Å². The maximum absolute atomic E-state index is 10.6. The maximum atomic E-state index is 10.6. The van der Waals surface area contributed by atoms with Gasteiger partial charge < -0.3 is 17.4 Å². The summed E-state index contributed by atoms with van der Waals surface area (Å²) in [5.41, 5.74) is 0. The van der Waals surface area contributed by atoms with Crippen molar-refractivity contribution in [2.75, 3.05) is 13.2 Å². The Hall–Kier alpha value is -0.824. The van der Waals surface area contributed by atoms with E-state index < -0.39 is 17.9 Å². The second-order valence-corrected chi connectivity index (χ2v) is 2.31. The van der Waals surface area contributed by atoms with Crippen molar-refractivity contribution in [3.8, 4) is 0 Å². The molecule has 0 rings (SSSR count). The summed E-state index contributed by atoms with van der Waals surface area (Å²) in [4.78, 5) is 30.2. The third-order valence-electron chi connectivity index (χ3n) is 0.899. The summed E-state index contributed by atoms with van der Waals surface area (Å²) < 4.78 is 9.04. The molecule has 0 aliphatic rings. The number of hydrogen-bond donors (Lipinski definition) is 1. The summed E-state index contributed by atoms with van der Waals surface area (Å²) in [5, 5.41) is 7.42. The number of ether oxygens (including phenoxy) is 2. The third kappa shape index (κ3) is 23.2. The Morgan fingerprint density at radius 2 is 1.31 bits per heavy atom. The van der Waals surface area contributed by atoms with Crippen molar-refractivity contribution in [1.82, 2.24) is 0 Å². The SMILES string of the molecule is CC(=O)O.CCOC(=O)CC(=O)OCC.[H-].[H-].[Mg+2]. The Bertz CT molecular complexity index is 205. The van der Waals surface area contributed by atoms with Gasteiger partial charge in [0.1, 0.15) is 6.42 Å². The maximum Gasteiger partial charge on any atom is 2.00 e. The number of carboxylic acid groups (broad SMARTS) is 1. The van der Waals surface area contributed by atoms with Gasteiger partial charge in [-0.05, 0) is 13.8 Å². The molecule has 0 aliphatic carbocycles. The van der Waals surface area contributed by atoms with Crippen LogP contribution in [-0.4, -0.2) is 59.3 Å². The van der Waals surface area contributed by atoms with Crippen LogP contribution in [0.2, 0.25) is 0 Å². The zero-order valence-electron chi connectivity index (χ0n) is 11.8. The fourth-order valence-corrected chi connectivity index (χ4v) is 0.542. The van der Waals surface area contributed by atoms with Crippen LogP contribution in [0.25, 0.3) is 0 Å². The average molecular weight is 247 g/mol. The van der Waals surface area contributed by atoms with Crippen LogP contribution in [0.4, 0.5) is 0 Å². The van der Waals surface area contributed by atoms with E-state index in [1.807, 2.05) is 0 Å². The van der Waals surface area contributed by atoms with Crippen molar-refractivity contribution in [3.63, 3.8) is 0 Å². The minimum atomic E-state index is -0.833. The number of carboxylic acids is 1. The number of hydrogen-bond acceptors (Lipinski definition) is 5. The van der Waals surface area contributed by atoms with Crippen LogP contribution in [0, 0.1) is 0 Å². The number of esters is 2. The van der Waals surface area contributed by atoms with E-state index in [9.17, 15) is 9.59 Å².